The Morgan fingerprint density at radius 2 is 1.77 bits per heavy atom. The van der Waals surface area contributed by atoms with E-state index >= 15 is 0 Å². The van der Waals surface area contributed by atoms with Gasteiger partial charge in [0.05, 0.1) is 5.69 Å². The molecule has 3 aromatic carbocycles. The summed E-state index contributed by atoms with van der Waals surface area (Å²) in [5.74, 6) is 0.264. The summed E-state index contributed by atoms with van der Waals surface area (Å²) in [6.07, 6.45) is 0. The molecule has 0 atom stereocenters. The van der Waals surface area contributed by atoms with Gasteiger partial charge in [0.25, 0.3) is 5.91 Å². The Morgan fingerprint density at radius 1 is 1.03 bits per heavy atom. The quantitative estimate of drug-likeness (QED) is 0.376. The molecule has 0 spiro atoms. The summed E-state index contributed by atoms with van der Waals surface area (Å²) in [6.45, 7) is 3.86. The lowest BCUT2D eigenvalue weighted by molar-refractivity contribution is 0.101. The van der Waals surface area contributed by atoms with Crippen molar-refractivity contribution in [3.63, 3.8) is 0 Å². The second-order valence-corrected chi connectivity index (χ2v) is 8.21. The Morgan fingerprint density at radius 3 is 2.50 bits per heavy atom. The molecule has 1 N–H and O–H groups in total. The highest BCUT2D eigenvalue weighted by Crippen LogP contribution is 2.26. The molecule has 0 fully saturated rings. The van der Waals surface area contributed by atoms with Gasteiger partial charge in [-0.2, -0.15) is 0 Å². The van der Waals surface area contributed by atoms with E-state index in [2.05, 4.69) is 31.3 Å². The van der Waals surface area contributed by atoms with E-state index in [1.165, 1.54) is 0 Å². The monoisotopic (exact) mass is 480 g/mol. The number of halogens is 2. The second kappa shape index (κ2) is 8.42. The molecule has 0 aliphatic carbocycles. The van der Waals surface area contributed by atoms with Crippen molar-refractivity contribution in [2.75, 3.05) is 5.32 Å². The number of nitrogens with one attached hydrogen (secondary N) is 1. The van der Waals surface area contributed by atoms with E-state index in [0.717, 1.165) is 26.9 Å². The molecule has 0 unspecified atom stereocenters. The summed E-state index contributed by atoms with van der Waals surface area (Å²) < 4.78 is 2.65. The van der Waals surface area contributed by atoms with Crippen molar-refractivity contribution in [2.24, 2.45) is 0 Å². The fraction of sp³-hybridized carbons (Fsp3) is 0.0870. The molecule has 0 aliphatic rings. The van der Waals surface area contributed by atoms with Gasteiger partial charge < -0.3 is 5.32 Å². The Balaban J connectivity index is 1.77. The average Bonchev–Trinajstić information content (AvgIpc) is 3.18. The van der Waals surface area contributed by atoms with Crippen LogP contribution in [0.5, 0.6) is 0 Å². The molecule has 7 heteroatoms. The van der Waals surface area contributed by atoms with Crippen molar-refractivity contribution >= 4 is 39.1 Å². The molecule has 1 heterocycles. The van der Waals surface area contributed by atoms with Crippen molar-refractivity contribution < 1.29 is 4.79 Å². The molecular formula is C23H18BrClN4O. The van der Waals surface area contributed by atoms with E-state index in [9.17, 15) is 4.79 Å². The molecule has 0 aliphatic heterocycles. The molecular weight excluding hydrogens is 464 g/mol. The maximum absolute atomic E-state index is 12.9. The lowest BCUT2D eigenvalue weighted by Gasteiger charge is -2.07. The van der Waals surface area contributed by atoms with Gasteiger partial charge in [0, 0.05) is 20.7 Å². The molecule has 30 heavy (non-hydrogen) atoms. The van der Waals surface area contributed by atoms with Gasteiger partial charge in [0.1, 0.15) is 0 Å². The van der Waals surface area contributed by atoms with E-state index < -0.39 is 5.91 Å². The molecule has 0 saturated heterocycles. The highest BCUT2D eigenvalue weighted by molar-refractivity contribution is 9.10. The minimum absolute atomic E-state index is 0.0776. The van der Waals surface area contributed by atoms with Crippen molar-refractivity contribution in [1.29, 1.82) is 0 Å². The van der Waals surface area contributed by atoms with Crippen LogP contribution in [0.2, 0.25) is 5.02 Å². The van der Waals surface area contributed by atoms with Crippen molar-refractivity contribution in [3.05, 3.63) is 93.2 Å². The van der Waals surface area contributed by atoms with Gasteiger partial charge in [-0.05, 0) is 61.4 Å². The summed E-state index contributed by atoms with van der Waals surface area (Å²) >= 11 is 9.62. The lowest BCUT2D eigenvalue weighted by Crippen LogP contribution is -2.15. The zero-order valence-electron chi connectivity index (χ0n) is 16.4. The van der Waals surface area contributed by atoms with E-state index in [0.29, 0.717) is 16.5 Å². The summed E-state index contributed by atoms with van der Waals surface area (Å²) in [5, 5.41) is 7.96. The third kappa shape index (κ3) is 4.15. The standard InChI is InChI=1S/C23H18BrClN4O/c1-14-5-3-6-18(13-14)29-22(16-9-11-17(24)12-10-16)27-21(28-29)23(30)26-20-8-4-7-19(25)15(20)2/h3-13H,1-2H3,(H,26,30). The first kappa shape index (κ1) is 20.3. The predicted molar refractivity (Wildman–Crippen MR) is 123 cm³/mol. The number of aromatic nitrogens is 3. The number of nitrogens with zero attached hydrogens (tertiary/aromatic N) is 3. The van der Waals surface area contributed by atoms with Gasteiger partial charge in [0.2, 0.25) is 5.82 Å². The Bertz CT molecular complexity index is 1230. The Kier molecular flexibility index (Phi) is 5.70. The number of hydrogen-bond donors (Lipinski definition) is 1. The normalized spacial score (nSPS) is 10.8. The van der Waals surface area contributed by atoms with Crippen molar-refractivity contribution in [3.8, 4) is 17.1 Å². The molecule has 150 valence electrons. The second-order valence-electron chi connectivity index (χ2n) is 6.88. The number of carbonyl (C=O) groups is 1. The molecule has 1 amide bonds. The van der Waals surface area contributed by atoms with Gasteiger partial charge in [0.15, 0.2) is 5.82 Å². The number of anilines is 1. The van der Waals surface area contributed by atoms with Gasteiger partial charge >= 0.3 is 0 Å². The van der Waals surface area contributed by atoms with E-state index in [1.807, 2.05) is 62.4 Å². The van der Waals surface area contributed by atoms with Gasteiger partial charge in [-0.25, -0.2) is 9.67 Å². The zero-order chi connectivity index (χ0) is 21.3. The first-order valence-corrected chi connectivity index (χ1v) is 10.5. The Hall–Kier alpha value is -2.96. The van der Waals surface area contributed by atoms with E-state index in [-0.39, 0.29) is 5.82 Å². The molecule has 0 saturated carbocycles. The summed E-state index contributed by atoms with van der Waals surface area (Å²) in [6, 6.07) is 21.0. The van der Waals surface area contributed by atoms with Crippen LogP contribution in [0.15, 0.2) is 71.2 Å². The number of hydrogen-bond acceptors (Lipinski definition) is 3. The highest BCUT2D eigenvalue weighted by atomic mass is 79.9. The molecule has 5 nitrogen and oxygen atoms in total. The van der Waals surface area contributed by atoms with Gasteiger partial charge in [-0.15, -0.1) is 5.10 Å². The van der Waals surface area contributed by atoms with Crippen LogP contribution >= 0.6 is 27.5 Å². The maximum atomic E-state index is 12.9. The highest BCUT2D eigenvalue weighted by Gasteiger charge is 2.20. The first-order valence-electron chi connectivity index (χ1n) is 9.29. The average molecular weight is 482 g/mol. The molecule has 4 aromatic rings. The third-order valence-electron chi connectivity index (χ3n) is 4.67. The zero-order valence-corrected chi connectivity index (χ0v) is 18.7. The van der Waals surface area contributed by atoms with Gasteiger partial charge in [-0.3, -0.25) is 4.79 Å². The summed E-state index contributed by atoms with van der Waals surface area (Å²) in [5.41, 5.74) is 4.19. The van der Waals surface area contributed by atoms with Crippen LogP contribution in [0.4, 0.5) is 5.69 Å². The number of rotatable bonds is 4. The van der Waals surface area contributed by atoms with Crippen LogP contribution in [-0.4, -0.2) is 20.7 Å². The van der Waals surface area contributed by atoms with E-state index in [4.69, 9.17) is 11.6 Å². The number of benzene rings is 3. The number of amides is 1. The fourth-order valence-corrected chi connectivity index (χ4v) is 3.49. The van der Waals surface area contributed by atoms with E-state index in [1.54, 1.807) is 22.9 Å². The molecule has 0 radical (unpaired) electrons. The first-order chi connectivity index (χ1) is 14.4. The fourth-order valence-electron chi connectivity index (χ4n) is 3.05. The largest absolute Gasteiger partial charge is 0.319 e. The summed E-state index contributed by atoms with van der Waals surface area (Å²) in [7, 11) is 0. The van der Waals surface area contributed by atoms with Crippen LogP contribution < -0.4 is 5.32 Å². The third-order valence-corrected chi connectivity index (χ3v) is 5.61. The van der Waals surface area contributed by atoms with Crippen LogP contribution in [0.25, 0.3) is 17.1 Å². The minimum Gasteiger partial charge on any atom is -0.319 e. The van der Waals surface area contributed by atoms with Crippen molar-refractivity contribution in [1.82, 2.24) is 14.8 Å². The number of aryl methyl sites for hydroxylation is 1. The predicted octanol–water partition coefficient (Wildman–Crippen LogP) is 6.22. The van der Waals surface area contributed by atoms with Crippen LogP contribution in [-0.2, 0) is 0 Å². The van der Waals surface area contributed by atoms with Crippen LogP contribution in [0.3, 0.4) is 0 Å². The summed E-state index contributed by atoms with van der Waals surface area (Å²) in [4.78, 5) is 17.5. The van der Waals surface area contributed by atoms with Crippen molar-refractivity contribution in [2.45, 2.75) is 13.8 Å². The molecule has 4 rings (SSSR count). The smallest absolute Gasteiger partial charge is 0.295 e. The molecule has 1 aromatic heterocycles. The van der Waals surface area contributed by atoms with Gasteiger partial charge in [-0.1, -0.05) is 57.9 Å². The minimum atomic E-state index is -0.398. The molecule has 0 bridgehead atoms. The number of carbonyl (C=O) groups excluding carboxylic acids is 1. The van der Waals surface area contributed by atoms with Crippen LogP contribution in [0.1, 0.15) is 21.7 Å². The lowest BCUT2D eigenvalue weighted by atomic mass is 10.2. The SMILES string of the molecule is Cc1cccc(-n2nc(C(=O)Nc3cccc(Cl)c3C)nc2-c2ccc(Br)cc2)c1. The topological polar surface area (TPSA) is 59.8 Å². The van der Waals surface area contributed by atoms with Crippen LogP contribution in [0, 0.1) is 13.8 Å². The maximum Gasteiger partial charge on any atom is 0.295 e. The Labute approximate surface area is 187 Å².